The molecule has 0 fully saturated rings. The monoisotopic (exact) mass is 275 g/mol. The molecule has 2 aromatic rings. The van der Waals surface area contributed by atoms with Crippen molar-refractivity contribution in [2.24, 2.45) is 0 Å². The second-order valence-electron chi connectivity index (χ2n) is 4.25. The minimum Gasteiger partial charge on any atom is -0.356 e. The van der Waals surface area contributed by atoms with Crippen LogP contribution < -0.4 is 5.32 Å². The molecule has 0 unspecified atom stereocenters. The number of imidazole rings is 1. The lowest BCUT2D eigenvalue weighted by molar-refractivity contribution is -0.135. The van der Waals surface area contributed by atoms with Gasteiger partial charge in [-0.25, -0.2) is 9.37 Å². The van der Waals surface area contributed by atoms with Crippen molar-refractivity contribution in [3.63, 3.8) is 0 Å². The molecule has 1 heterocycles. The SMILES string of the molecule is Fc1ccc2nc(NCCCCC(F)(F)F)[nH]c2c1. The Morgan fingerprint density at radius 2 is 2.00 bits per heavy atom. The molecule has 1 aromatic carbocycles. The van der Waals surface area contributed by atoms with E-state index < -0.39 is 12.6 Å². The topological polar surface area (TPSA) is 40.7 Å². The Hall–Kier alpha value is -1.79. The van der Waals surface area contributed by atoms with E-state index in [-0.39, 0.29) is 12.2 Å². The number of halogens is 4. The molecule has 104 valence electrons. The van der Waals surface area contributed by atoms with Crippen LogP contribution in [-0.4, -0.2) is 22.7 Å². The van der Waals surface area contributed by atoms with Crippen molar-refractivity contribution in [1.29, 1.82) is 0 Å². The van der Waals surface area contributed by atoms with E-state index in [1.165, 1.54) is 18.2 Å². The predicted molar refractivity (Wildman–Crippen MR) is 64.4 cm³/mol. The molecule has 0 aliphatic rings. The van der Waals surface area contributed by atoms with Gasteiger partial charge in [-0.1, -0.05) is 0 Å². The molecule has 2 N–H and O–H groups in total. The summed E-state index contributed by atoms with van der Waals surface area (Å²) in [5.41, 5.74) is 1.16. The molecule has 0 radical (unpaired) electrons. The highest BCUT2D eigenvalue weighted by atomic mass is 19.4. The molecule has 7 heteroatoms. The van der Waals surface area contributed by atoms with Crippen molar-refractivity contribution in [3.05, 3.63) is 24.0 Å². The highest BCUT2D eigenvalue weighted by Crippen LogP contribution is 2.22. The van der Waals surface area contributed by atoms with Crippen LogP contribution in [0.2, 0.25) is 0 Å². The fourth-order valence-electron chi connectivity index (χ4n) is 1.72. The number of nitrogens with zero attached hydrogens (tertiary/aromatic N) is 1. The molecular formula is C12H13F4N3. The number of fused-ring (bicyclic) bond motifs is 1. The fourth-order valence-corrected chi connectivity index (χ4v) is 1.72. The van der Waals surface area contributed by atoms with Crippen LogP contribution in [0.5, 0.6) is 0 Å². The van der Waals surface area contributed by atoms with Crippen LogP contribution in [0.4, 0.5) is 23.5 Å². The van der Waals surface area contributed by atoms with Gasteiger partial charge >= 0.3 is 6.18 Å². The first-order valence-corrected chi connectivity index (χ1v) is 5.90. The Labute approximate surface area is 107 Å². The molecule has 2 rings (SSSR count). The summed E-state index contributed by atoms with van der Waals surface area (Å²) in [4.78, 5) is 7.00. The molecule has 0 saturated heterocycles. The lowest BCUT2D eigenvalue weighted by Gasteiger charge is -2.05. The van der Waals surface area contributed by atoms with Crippen molar-refractivity contribution in [2.75, 3.05) is 11.9 Å². The second-order valence-corrected chi connectivity index (χ2v) is 4.25. The number of alkyl halides is 3. The zero-order valence-corrected chi connectivity index (χ0v) is 10.0. The van der Waals surface area contributed by atoms with Crippen molar-refractivity contribution in [1.82, 2.24) is 9.97 Å². The van der Waals surface area contributed by atoms with Crippen molar-refractivity contribution < 1.29 is 17.6 Å². The number of benzene rings is 1. The summed E-state index contributed by atoms with van der Waals surface area (Å²) in [6.45, 7) is 0.387. The highest BCUT2D eigenvalue weighted by Gasteiger charge is 2.25. The zero-order chi connectivity index (χ0) is 13.9. The van der Waals surface area contributed by atoms with Crippen LogP contribution >= 0.6 is 0 Å². The number of aromatic amines is 1. The fraction of sp³-hybridized carbons (Fsp3) is 0.417. The van der Waals surface area contributed by atoms with Crippen LogP contribution in [0.25, 0.3) is 11.0 Å². The van der Waals surface area contributed by atoms with E-state index >= 15 is 0 Å². The van der Waals surface area contributed by atoms with E-state index in [1.807, 2.05) is 0 Å². The van der Waals surface area contributed by atoms with Crippen LogP contribution in [0.1, 0.15) is 19.3 Å². The number of unbranched alkanes of at least 4 members (excludes halogenated alkanes) is 1. The lowest BCUT2D eigenvalue weighted by Crippen LogP contribution is -2.09. The molecule has 0 aliphatic heterocycles. The average Bonchev–Trinajstić information content (AvgIpc) is 2.68. The van der Waals surface area contributed by atoms with E-state index in [4.69, 9.17) is 0 Å². The molecule has 0 saturated carbocycles. The maximum absolute atomic E-state index is 12.9. The van der Waals surface area contributed by atoms with Crippen LogP contribution in [-0.2, 0) is 0 Å². The average molecular weight is 275 g/mol. The Morgan fingerprint density at radius 3 is 2.74 bits per heavy atom. The lowest BCUT2D eigenvalue weighted by atomic mass is 10.2. The Bertz CT molecular complexity index is 547. The van der Waals surface area contributed by atoms with E-state index in [0.717, 1.165) is 0 Å². The van der Waals surface area contributed by atoms with E-state index in [0.29, 0.717) is 29.9 Å². The smallest absolute Gasteiger partial charge is 0.356 e. The number of hydrogen-bond donors (Lipinski definition) is 2. The number of nitrogens with one attached hydrogen (secondary N) is 2. The first kappa shape index (κ1) is 13.6. The summed E-state index contributed by atoms with van der Waals surface area (Å²) in [6, 6.07) is 4.16. The van der Waals surface area contributed by atoms with Crippen molar-refractivity contribution in [3.8, 4) is 0 Å². The third-order valence-corrected chi connectivity index (χ3v) is 2.62. The Balaban J connectivity index is 1.82. The zero-order valence-electron chi connectivity index (χ0n) is 10.0. The van der Waals surface area contributed by atoms with Gasteiger partial charge in [0.2, 0.25) is 5.95 Å². The maximum Gasteiger partial charge on any atom is 0.389 e. The van der Waals surface area contributed by atoms with Gasteiger partial charge in [-0.3, -0.25) is 0 Å². The Morgan fingerprint density at radius 1 is 1.21 bits per heavy atom. The molecule has 0 atom stereocenters. The van der Waals surface area contributed by atoms with E-state index in [1.54, 1.807) is 0 Å². The first-order chi connectivity index (χ1) is 8.94. The van der Waals surface area contributed by atoms with E-state index in [9.17, 15) is 17.6 Å². The molecule has 0 amide bonds. The predicted octanol–water partition coefficient (Wildman–Crippen LogP) is 3.85. The van der Waals surface area contributed by atoms with Gasteiger partial charge in [0.25, 0.3) is 0 Å². The summed E-state index contributed by atoms with van der Waals surface area (Å²) >= 11 is 0. The maximum atomic E-state index is 12.9. The molecule has 0 spiro atoms. The number of hydrogen-bond acceptors (Lipinski definition) is 2. The van der Waals surface area contributed by atoms with Crippen molar-refractivity contribution >= 4 is 17.0 Å². The van der Waals surface area contributed by atoms with Gasteiger partial charge in [-0.15, -0.1) is 0 Å². The van der Waals surface area contributed by atoms with E-state index in [2.05, 4.69) is 15.3 Å². The summed E-state index contributed by atoms with van der Waals surface area (Å²) in [5, 5.41) is 2.88. The molecule has 0 bridgehead atoms. The van der Waals surface area contributed by atoms with Gasteiger partial charge in [-0.05, 0) is 31.0 Å². The van der Waals surface area contributed by atoms with Crippen LogP contribution in [0, 0.1) is 5.82 Å². The summed E-state index contributed by atoms with van der Waals surface area (Å²) < 4.78 is 48.7. The quantitative estimate of drug-likeness (QED) is 0.643. The standard InChI is InChI=1S/C12H13F4N3/c13-8-3-4-9-10(7-8)19-11(18-9)17-6-2-1-5-12(14,15)16/h3-4,7H,1-2,5-6H2,(H2,17,18,19). The van der Waals surface area contributed by atoms with Gasteiger partial charge in [0, 0.05) is 13.0 Å². The third-order valence-electron chi connectivity index (χ3n) is 2.62. The van der Waals surface area contributed by atoms with Crippen LogP contribution in [0.15, 0.2) is 18.2 Å². The molecule has 19 heavy (non-hydrogen) atoms. The highest BCUT2D eigenvalue weighted by molar-refractivity contribution is 5.77. The van der Waals surface area contributed by atoms with Gasteiger partial charge in [0.15, 0.2) is 0 Å². The normalized spacial score (nSPS) is 12.0. The number of rotatable bonds is 5. The van der Waals surface area contributed by atoms with Gasteiger partial charge in [-0.2, -0.15) is 13.2 Å². The molecular weight excluding hydrogens is 262 g/mol. The molecule has 1 aromatic heterocycles. The van der Waals surface area contributed by atoms with Gasteiger partial charge in [0.1, 0.15) is 5.82 Å². The number of aromatic nitrogens is 2. The minimum absolute atomic E-state index is 0.0748. The van der Waals surface area contributed by atoms with Crippen molar-refractivity contribution in [2.45, 2.75) is 25.4 Å². The summed E-state index contributed by atoms with van der Waals surface area (Å²) in [6.07, 6.45) is -4.41. The second kappa shape index (κ2) is 5.46. The minimum atomic E-state index is -4.10. The van der Waals surface area contributed by atoms with Gasteiger partial charge < -0.3 is 10.3 Å². The Kier molecular flexibility index (Phi) is 3.92. The largest absolute Gasteiger partial charge is 0.389 e. The van der Waals surface area contributed by atoms with Crippen LogP contribution in [0.3, 0.4) is 0 Å². The summed E-state index contributed by atoms with van der Waals surface area (Å²) in [7, 11) is 0. The van der Waals surface area contributed by atoms with Gasteiger partial charge in [0.05, 0.1) is 11.0 Å². The summed E-state index contributed by atoms with van der Waals surface area (Å²) in [5.74, 6) is 0.0699. The third kappa shape index (κ3) is 4.11. The molecule has 0 aliphatic carbocycles. The number of H-pyrrole nitrogens is 1. The molecule has 3 nitrogen and oxygen atoms in total. The number of anilines is 1. The first-order valence-electron chi connectivity index (χ1n) is 5.90.